The van der Waals surface area contributed by atoms with Gasteiger partial charge in [0.05, 0.1) is 0 Å². The van der Waals surface area contributed by atoms with Gasteiger partial charge in [-0.3, -0.25) is 0 Å². The number of halogens is 1. The summed E-state index contributed by atoms with van der Waals surface area (Å²) in [6.45, 7) is 11.5. The number of benzene rings is 1. The molecule has 1 unspecified atom stereocenters. The maximum absolute atomic E-state index is 3.67. The minimum absolute atomic E-state index is 0.347. The molecule has 96 valence electrons. The third-order valence-corrected chi connectivity index (χ3v) is 5.23. The van der Waals surface area contributed by atoms with E-state index in [-0.39, 0.29) is 0 Å². The molecule has 0 nitrogen and oxygen atoms in total. The quantitative estimate of drug-likeness (QED) is 0.637. The molecule has 0 aliphatic rings. The highest BCUT2D eigenvalue weighted by molar-refractivity contribution is 9.09. The third kappa shape index (κ3) is 3.84. The number of hydrogen-bond acceptors (Lipinski definition) is 0. The van der Waals surface area contributed by atoms with Crippen LogP contribution in [0.3, 0.4) is 0 Å². The van der Waals surface area contributed by atoms with Gasteiger partial charge in [-0.15, -0.1) is 0 Å². The fourth-order valence-corrected chi connectivity index (χ4v) is 2.74. The number of alkyl halides is 1. The zero-order valence-corrected chi connectivity index (χ0v) is 13.3. The predicted octanol–water partition coefficient (Wildman–Crippen LogP) is 5.41. The van der Waals surface area contributed by atoms with Crippen molar-refractivity contribution in [3.05, 3.63) is 35.4 Å². The van der Waals surface area contributed by atoms with E-state index in [1.807, 2.05) is 0 Å². The first-order valence-electron chi connectivity index (χ1n) is 6.54. The lowest BCUT2D eigenvalue weighted by Gasteiger charge is -2.32. The second-order valence-corrected chi connectivity index (χ2v) is 6.58. The van der Waals surface area contributed by atoms with Crippen LogP contribution < -0.4 is 0 Å². The van der Waals surface area contributed by atoms with E-state index in [0.29, 0.717) is 17.3 Å². The molecule has 0 heterocycles. The minimum atomic E-state index is 0.347. The summed E-state index contributed by atoms with van der Waals surface area (Å²) in [6, 6.07) is 9.13. The van der Waals surface area contributed by atoms with Gasteiger partial charge in [-0.25, -0.2) is 0 Å². The average Bonchev–Trinajstić information content (AvgIpc) is 2.29. The van der Waals surface area contributed by atoms with E-state index in [0.717, 1.165) is 11.8 Å². The summed E-state index contributed by atoms with van der Waals surface area (Å²) in [4.78, 5) is 0. The van der Waals surface area contributed by atoms with Gasteiger partial charge in [-0.2, -0.15) is 0 Å². The molecule has 1 aromatic carbocycles. The highest BCUT2D eigenvalue weighted by Crippen LogP contribution is 2.33. The van der Waals surface area contributed by atoms with Crippen molar-refractivity contribution >= 4 is 15.9 Å². The summed E-state index contributed by atoms with van der Waals surface area (Å²) in [6.07, 6.45) is 1.15. The van der Waals surface area contributed by atoms with E-state index in [2.05, 4.69) is 74.8 Å². The van der Waals surface area contributed by atoms with Crippen molar-refractivity contribution in [3.8, 4) is 0 Å². The number of rotatable bonds is 5. The molecular weight excluding hydrogens is 272 g/mol. The van der Waals surface area contributed by atoms with Gasteiger partial charge in [0.1, 0.15) is 0 Å². The molecule has 0 saturated carbocycles. The Bertz CT molecular complexity index is 337. The summed E-state index contributed by atoms with van der Waals surface area (Å²) in [7, 11) is 0. The largest absolute Gasteiger partial charge is 0.0922 e. The van der Waals surface area contributed by atoms with Gasteiger partial charge >= 0.3 is 0 Å². The van der Waals surface area contributed by atoms with Gasteiger partial charge in [0.15, 0.2) is 0 Å². The van der Waals surface area contributed by atoms with Gasteiger partial charge in [0, 0.05) is 5.33 Å². The topological polar surface area (TPSA) is 0 Å². The SMILES string of the molecule is CC(C)c1ccc(CC(C)(CBr)C(C)C)cc1. The normalized spacial score (nSPS) is 15.3. The maximum atomic E-state index is 3.67. The first-order chi connectivity index (χ1) is 7.89. The van der Waals surface area contributed by atoms with Gasteiger partial charge in [-0.1, -0.05) is 74.8 Å². The molecule has 0 aromatic heterocycles. The van der Waals surface area contributed by atoms with Gasteiger partial charge in [0.2, 0.25) is 0 Å². The first kappa shape index (κ1) is 14.8. The van der Waals surface area contributed by atoms with Gasteiger partial charge < -0.3 is 0 Å². The van der Waals surface area contributed by atoms with E-state index < -0.39 is 0 Å². The van der Waals surface area contributed by atoms with Crippen LogP contribution in [0.1, 0.15) is 51.7 Å². The molecule has 1 atom stereocenters. The van der Waals surface area contributed by atoms with Crippen molar-refractivity contribution in [2.24, 2.45) is 11.3 Å². The summed E-state index contributed by atoms with van der Waals surface area (Å²) < 4.78 is 0. The lowest BCUT2D eigenvalue weighted by atomic mass is 9.76. The van der Waals surface area contributed by atoms with Crippen molar-refractivity contribution in [1.29, 1.82) is 0 Å². The monoisotopic (exact) mass is 296 g/mol. The molecule has 0 fully saturated rings. The predicted molar refractivity (Wildman–Crippen MR) is 81.0 cm³/mol. The molecule has 17 heavy (non-hydrogen) atoms. The van der Waals surface area contributed by atoms with Crippen molar-refractivity contribution in [1.82, 2.24) is 0 Å². The van der Waals surface area contributed by atoms with E-state index in [4.69, 9.17) is 0 Å². The van der Waals surface area contributed by atoms with Crippen LogP contribution in [0.5, 0.6) is 0 Å². The van der Waals surface area contributed by atoms with Crippen LogP contribution in [-0.2, 0) is 6.42 Å². The van der Waals surface area contributed by atoms with Crippen LogP contribution >= 0.6 is 15.9 Å². The van der Waals surface area contributed by atoms with E-state index >= 15 is 0 Å². The number of hydrogen-bond donors (Lipinski definition) is 0. The Morgan fingerprint density at radius 2 is 1.59 bits per heavy atom. The molecule has 1 heteroatoms. The molecule has 0 saturated heterocycles. The molecule has 1 aromatic rings. The second kappa shape index (κ2) is 6.04. The molecule has 1 rings (SSSR count). The highest BCUT2D eigenvalue weighted by atomic mass is 79.9. The van der Waals surface area contributed by atoms with Crippen LogP contribution in [0.4, 0.5) is 0 Å². The Kier molecular flexibility index (Phi) is 5.24. The second-order valence-electron chi connectivity index (χ2n) is 6.02. The van der Waals surface area contributed by atoms with Gasteiger partial charge in [-0.05, 0) is 34.8 Å². The first-order valence-corrected chi connectivity index (χ1v) is 7.66. The van der Waals surface area contributed by atoms with Crippen LogP contribution in [0, 0.1) is 11.3 Å². The summed E-state index contributed by atoms with van der Waals surface area (Å²) in [5.41, 5.74) is 3.23. The van der Waals surface area contributed by atoms with Crippen molar-refractivity contribution < 1.29 is 0 Å². The lowest BCUT2D eigenvalue weighted by Crippen LogP contribution is -2.28. The Labute approximate surface area is 115 Å². The van der Waals surface area contributed by atoms with E-state index in [1.54, 1.807) is 0 Å². The van der Waals surface area contributed by atoms with Crippen LogP contribution in [0.25, 0.3) is 0 Å². The lowest BCUT2D eigenvalue weighted by molar-refractivity contribution is 0.258. The van der Waals surface area contributed by atoms with Crippen molar-refractivity contribution in [2.75, 3.05) is 5.33 Å². The molecule has 0 aliphatic heterocycles. The van der Waals surface area contributed by atoms with Crippen LogP contribution in [0.2, 0.25) is 0 Å². The van der Waals surface area contributed by atoms with Crippen LogP contribution in [-0.4, -0.2) is 5.33 Å². The highest BCUT2D eigenvalue weighted by Gasteiger charge is 2.27. The average molecular weight is 297 g/mol. The van der Waals surface area contributed by atoms with Crippen molar-refractivity contribution in [3.63, 3.8) is 0 Å². The Morgan fingerprint density at radius 1 is 1.06 bits per heavy atom. The standard InChI is InChI=1S/C16H25Br/c1-12(2)15-8-6-14(7-9-15)10-16(5,11-17)13(3)4/h6-9,12-13H,10-11H2,1-5H3. The summed E-state index contributed by atoms with van der Waals surface area (Å²) >= 11 is 3.67. The Balaban J connectivity index is 2.81. The molecule has 0 N–H and O–H groups in total. The molecular formula is C16H25Br. The molecule has 0 bridgehead atoms. The zero-order chi connectivity index (χ0) is 13.1. The Morgan fingerprint density at radius 3 is 1.94 bits per heavy atom. The summed E-state index contributed by atoms with van der Waals surface area (Å²) in [5.74, 6) is 1.31. The fourth-order valence-electron chi connectivity index (χ4n) is 1.89. The van der Waals surface area contributed by atoms with E-state index in [1.165, 1.54) is 11.1 Å². The zero-order valence-electron chi connectivity index (χ0n) is 11.8. The maximum Gasteiger partial charge on any atom is 0.00909 e. The smallest absolute Gasteiger partial charge is 0.00909 e. The molecule has 0 spiro atoms. The van der Waals surface area contributed by atoms with Gasteiger partial charge in [0.25, 0.3) is 0 Å². The third-order valence-electron chi connectivity index (χ3n) is 3.95. The Hall–Kier alpha value is -0.300. The van der Waals surface area contributed by atoms with E-state index in [9.17, 15) is 0 Å². The molecule has 0 aliphatic carbocycles. The fraction of sp³-hybridized carbons (Fsp3) is 0.625. The molecule has 0 amide bonds. The molecule has 0 radical (unpaired) electrons. The summed E-state index contributed by atoms with van der Waals surface area (Å²) in [5, 5.41) is 1.06. The van der Waals surface area contributed by atoms with Crippen molar-refractivity contribution in [2.45, 2.75) is 47.0 Å². The van der Waals surface area contributed by atoms with Crippen LogP contribution in [0.15, 0.2) is 24.3 Å². The minimum Gasteiger partial charge on any atom is -0.0922 e.